The molecule has 0 aromatic rings. The van der Waals surface area contributed by atoms with Crippen molar-refractivity contribution in [3.05, 3.63) is 0 Å². The average molecular weight is 196 g/mol. The molecular weight excluding hydrogens is 172 g/mol. The van der Waals surface area contributed by atoms with Gasteiger partial charge in [0.2, 0.25) is 0 Å². The molecule has 1 rings (SSSR count). The Bertz CT molecular complexity index is 176. The lowest BCUT2D eigenvalue weighted by molar-refractivity contribution is -0.124. The first kappa shape index (κ1) is 11.7. The van der Waals surface area contributed by atoms with E-state index in [1.165, 1.54) is 6.42 Å². The Morgan fingerprint density at radius 3 is 2.21 bits per heavy atom. The number of hydrogen-bond donors (Lipinski definition) is 0. The van der Waals surface area contributed by atoms with Crippen LogP contribution in [0.2, 0.25) is 0 Å². The summed E-state index contributed by atoms with van der Waals surface area (Å²) in [6.07, 6.45) is 6.65. The van der Waals surface area contributed by atoms with E-state index in [9.17, 15) is 4.79 Å². The Morgan fingerprint density at radius 1 is 1.14 bits per heavy atom. The first-order valence-electron chi connectivity index (χ1n) is 6.16. The van der Waals surface area contributed by atoms with Gasteiger partial charge in [-0.3, -0.25) is 4.79 Å². The Morgan fingerprint density at radius 2 is 1.71 bits per heavy atom. The fraction of sp³-hybridized carbons (Fsp3) is 0.923. The molecule has 82 valence electrons. The monoisotopic (exact) mass is 196 g/mol. The van der Waals surface area contributed by atoms with Crippen molar-refractivity contribution in [2.24, 2.45) is 17.8 Å². The third-order valence-corrected chi connectivity index (χ3v) is 3.41. The minimum absolute atomic E-state index is 0.389. The van der Waals surface area contributed by atoms with Crippen LogP contribution in [0.4, 0.5) is 0 Å². The predicted molar refractivity (Wildman–Crippen MR) is 60.2 cm³/mol. The maximum absolute atomic E-state index is 11.8. The van der Waals surface area contributed by atoms with Crippen LogP contribution in [0.5, 0.6) is 0 Å². The SMILES string of the molecule is CCCCC(=O)C1CC(C)CC(C)C1. The predicted octanol–water partition coefficient (Wildman–Crippen LogP) is 3.82. The molecule has 0 saturated heterocycles. The number of carbonyl (C=O) groups is 1. The summed E-state index contributed by atoms with van der Waals surface area (Å²) in [7, 11) is 0. The van der Waals surface area contributed by atoms with E-state index in [0.717, 1.165) is 43.9 Å². The van der Waals surface area contributed by atoms with Gasteiger partial charge in [-0.1, -0.05) is 27.2 Å². The molecule has 0 spiro atoms. The molecule has 0 bridgehead atoms. The van der Waals surface area contributed by atoms with Gasteiger partial charge in [0.25, 0.3) is 0 Å². The highest BCUT2D eigenvalue weighted by molar-refractivity contribution is 5.81. The average Bonchev–Trinajstić information content (AvgIpc) is 2.12. The zero-order valence-corrected chi connectivity index (χ0v) is 9.88. The zero-order valence-electron chi connectivity index (χ0n) is 9.88. The van der Waals surface area contributed by atoms with E-state index in [4.69, 9.17) is 0 Å². The van der Waals surface area contributed by atoms with Crippen LogP contribution >= 0.6 is 0 Å². The minimum Gasteiger partial charge on any atom is -0.299 e. The molecule has 1 heteroatoms. The standard InChI is InChI=1S/C13H24O/c1-4-5-6-13(14)12-8-10(2)7-11(3)9-12/h10-12H,4-9H2,1-3H3. The first-order chi connectivity index (χ1) is 6.63. The summed E-state index contributed by atoms with van der Waals surface area (Å²) in [5.74, 6) is 2.44. The largest absolute Gasteiger partial charge is 0.299 e. The summed E-state index contributed by atoms with van der Waals surface area (Å²) in [6, 6.07) is 0. The van der Waals surface area contributed by atoms with Gasteiger partial charge in [0.15, 0.2) is 0 Å². The summed E-state index contributed by atoms with van der Waals surface area (Å²) in [4.78, 5) is 11.8. The van der Waals surface area contributed by atoms with Crippen molar-refractivity contribution in [1.29, 1.82) is 0 Å². The first-order valence-corrected chi connectivity index (χ1v) is 6.16. The molecule has 1 aliphatic rings. The highest BCUT2D eigenvalue weighted by atomic mass is 16.1. The van der Waals surface area contributed by atoms with Crippen LogP contribution in [0.15, 0.2) is 0 Å². The lowest BCUT2D eigenvalue weighted by atomic mass is 9.74. The Hall–Kier alpha value is -0.330. The molecule has 0 aliphatic heterocycles. The molecule has 2 unspecified atom stereocenters. The van der Waals surface area contributed by atoms with E-state index in [1.54, 1.807) is 0 Å². The van der Waals surface area contributed by atoms with Gasteiger partial charge in [-0.25, -0.2) is 0 Å². The van der Waals surface area contributed by atoms with Crippen LogP contribution in [0.1, 0.15) is 59.3 Å². The molecule has 0 heterocycles. The summed E-state index contributed by atoms with van der Waals surface area (Å²) in [5.41, 5.74) is 0. The van der Waals surface area contributed by atoms with Gasteiger partial charge in [0, 0.05) is 12.3 Å². The second-order valence-corrected chi connectivity index (χ2v) is 5.18. The number of carbonyl (C=O) groups excluding carboxylic acids is 1. The molecule has 0 N–H and O–H groups in total. The maximum atomic E-state index is 11.8. The highest BCUT2D eigenvalue weighted by Gasteiger charge is 2.27. The van der Waals surface area contributed by atoms with Gasteiger partial charge in [0.05, 0.1) is 0 Å². The molecule has 1 aliphatic carbocycles. The van der Waals surface area contributed by atoms with Gasteiger partial charge in [-0.2, -0.15) is 0 Å². The topological polar surface area (TPSA) is 17.1 Å². The quantitative estimate of drug-likeness (QED) is 0.668. The van der Waals surface area contributed by atoms with Gasteiger partial charge >= 0.3 is 0 Å². The number of Topliss-reactive ketones (excluding diaryl/α,β-unsaturated/α-hetero) is 1. The summed E-state index contributed by atoms with van der Waals surface area (Å²) >= 11 is 0. The van der Waals surface area contributed by atoms with E-state index in [2.05, 4.69) is 20.8 Å². The van der Waals surface area contributed by atoms with Gasteiger partial charge in [0.1, 0.15) is 5.78 Å². The molecule has 0 amide bonds. The Labute approximate surface area is 88.3 Å². The van der Waals surface area contributed by atoms with E-state index in [-0.39, 0.29) is 0 Å². The lowest BCUT2D eigenvalue weighted by Gasteiger charge is -2.30. The smallest absolute Gasteiger partial charge is 0.135 e. The zero-order chi connectivity index (χ0) is 10.6. The highest BCUT2D eigenvalue weighted by Crippen LogP contribution is 2.34. The molecule has 0 aromatic carbocycles. The fourth-order valence-electron chi connectivity index (χ4n) is 2.76. The van der Waals surface area contributed by atoms with E-state index >= 15 is 0 Å². The van der Waals surface area contributed by atoms with Crippen molar-refractivity contribution < 1.29 is 4.79 Å². The van der Waals surface area contributed by atoms with Crippen LogP contribution in [0.25, 0.3) is 0 Å². The van der Waals surface area contributed by atoms with Crippen molar-refractivity contribution in [3.8, 4) is 0 Å². The van der Waals surface area contributed by atoms with Gasteiger partial charge in [-0.15, -0.1) is 0 Å². The van der Waals surface area contributed by atoms with Crippen molar-refractivity contribution in [2.45, 2.75) is 59.3 Å². The van der Waals surface area contributed by atoms with Crippen molar-refractivity contribution in [3.63, 3.8) is 0 Å². The number of ketones is 1. The van der Waals surface area contributed by atoms with Crippen LogP contribution < -0.4 is 0 Å². The van der Waals surface area contributed by atoms with E-state index in [0.29, 0.717) is 11.7 Å². The molecule has 1 saturated carbocycles. The van der Waals surface area contributed by atoms with E-state index in [1.807, 2.05) is 0 Å². The van der Waals surface area contributed by atoms with E-state index < -0.39 is 0 Å². The lowest BCUT2D eigenvalue weighted by Crippen LogP contribution is -2.25. The molecule has 0 aromatic heterocycles. The van der Waals surface area contributed by atoms with Gasteiger partial charge in [-0.05, 0) is 37.5 Å². The minimum atomic E-state index is 0.389. The third-order valence-electron chi connectivity index (χ3n) is 3.41. The van der Waals surface area contributed by atoms with Crippen LogP contribution in [0, 0.1) is 17.8 Å². The molecular formula is C13H24O. The second-order valence-electron chi connectivity index (χ2n) is 5.18. The maximum Gasteiger partial charge on any atom is 0.135 e. The Balaban J connectivity index is 2.38. The third kappa shape index (κ3) is 3.43. The summed E-state index contributed by atoms with van der Waals surface area (Å²) in [6.45, 7) is 6.73. The van der Waals surface area contributed by atoms with Crippen LogP contribution in [0.3, 0.4) is 0 Å². The number of hydrogen-bond acceptors (Lipinski definition) is 1. The normalized spacial score (nSPS) is 32.9. The van der Waals surface area contributed by atoms with Crippen molar-refractivity contribution in [1.82, 2.24) is 0 Å². The van der Waals surface area contributed by atoms with Crippen molar-refractivity contribution >= 4 is 5.78 Å². The molecule has 2 atom stereocenters. The molecule has 1 nitrogen and oxygen atoms in total. The molecule has 14 heavy (non-hydrogen) atoms. The number of unbranched alkanes of at least 4 members (excludes halogenated alkanes) is 1. The number of rotatable bonds is 4. The Kier molecular flexibility index (Phi) is 4.64. The molecule has 0 radical (unpaired) electrons. The fourth-order valence-corrected chi connectivity index (χ4v) is 2.76. The van der Waals surface area contributed by atoms with Crippen LogP contribution in [-0.2, 0) is 4.79 Å². The van der Waals surface area contributed by atoms with Crippen LogP contribution in [-0.4, -0.2) is 5.78 Å². The summed E-state index contributed by atoms with van der Waals surface area (Å²) in [5, 5.41) is 0. The van der Waals surface area contributed by atoms with Gasteiger partial charge < -0.3 is 0 Å². The van der Waals surface area contributed by atoms with Crippen molar-refractivity contribution in [2.75, 3.05) is 0 Å². The molecule has 1 fully saturated rings. The second kappa shape index (κ2) is 5.53. The summed E-state index contributed by atoms with van der Waals surface area (Å²) < 4.78 is 0.